The number of carbonyl (C=O) groups excluding carboxylic acids is 2. The maximum absolute atomic E-state index is 13.1. The summed E-state index contributed by atoms with van der Waals surface area (Å²) in [5.41, 5.74) is 6.95. The number of carbonyl (C=O) groups is 2. The van der Waals surface area contributed by atoms with Crippen molar-refractivity contribution < 1.29 is 9.59 Å². The molecule has 0 saturated carbocycles. The fraction of sp³-hybridized carbons (Fsp3) is 0.400. The van der Waals surface area contributed by atoms with Crippen molar-refractivity contribution in [1.82, 2.24) is 14.8 Å². The second-order valence-corrected chi connectivity index (χ2v) is 11.0. The number of aromatic nitrogens is 1. The van der Waals surface area contributed by atoms with Crippen LogP contribution in [-0.4, -0.2) is 80.4 Å². The Morgan fingerprint density at radius 1 is 1.22 bits per heavy atom. The number of hydrogen-bond acceptors (Lipinski definition) is 7. The predicted molar refractivity (Wildman–Crippen MR) is 172 cm³/mol. The van der Waals surface area contributed by atoms with E-state index in [1.807, 2.05) is 52.6 Å². The van der Waals surface area contributed by atoms with Gasteiger partial charge in [0.1, 0.15) is 11.7 Å². The number of benzene rings is 1. The number of nitrogens with one attached hydrogen (secondary N) is 2. The molecular formula is C30H42N8O2S. The fourth-order valence-corrected chi connectivity index (χ4v) is 4.83. The zero-order chi connectivity index (χ0) is 30.1. The van der Waals surface area contributed by atoms with E-state index in [1.54, 1.807) is 22.4 Å². The lowest BCUT2D eigenvalue weighted by molar-refractivity contribution is -0.111. The Bertz CT molecular complexity index is 1330. The van der Waals surface area contributed by atoms with Crippen molar-refractivity contribution in [2.75, 3.05) is 68.3 Å². The summed E-state index contributed by atoms with van der Waals surface area (Å²) in [7, 11) is 7.86. The molecule has 1 aromatic carbocycles. The molecule has 2 N–H and O–H groups in total. The van der Waals surface area contributed by atoms with Crippen molar-refractivity contribution >= 4 is 52.0 Å². The molecule has 0 aliphatic carbocycles. The molecule has 0 bridgehead atoms. The number of amides is 3. The number of thiazole rings is 1. The van der Waals surface area contributed by atoms with Gasteiger partial charge in [-0.2, -0.15) is 0 Å². The highest BCUT2D eigenvalue weighted by Gasteiger charge is 2.31. The number of hydrogen-bond donors (Lipinski definition) is 2. The standard InChI is InChI=1S/C30H42N8O2S/c1-9-11-12-26-23(18-38(30(40)37(26)8)28-19-41-20-32-28)17-31-22(4)33-24-16-25(34-29(39)10-2)27(15-21(24)3)36(7)14-13-35(5)6/h10,12,15-17,19-20H,2,9,11,13-14,18H2,1,3-8H3,(H,31,33)(H,34,39)/b23-17-,26-12-. The van der Waals surface area contributed by atoms with Crippen LogP contribution in [0, 0.1) is 6.92 Å². The maximum atomic E-state index is 13.1. The molecule has 220 valence electrons. The number of urea groups is 1. The third-order valence-electron chi connectivity index (χ3n) is 6.67. The van der Waals surface area contributed by atoms with E-state index in [9.17, 15) is 9.59 Å². The van der Waals surface area contributed by atoms with Gasteiger partial charge in [-0.15, -0.1) is 11.3 Å². The molecule has 10 nitrogen and oxygen atoms in total. The topological polar surface area (TPSA) is 96.4 Å². The van der Waals surface area contributed by atoms with Crippen LogP contribution in [0.25, 0.3) is 0 Å². The number of anilines is 4. The first-order valence-corrected chi connectivity index (χ1v) is 14.6. The molecule has 0 spiro atoms. The van der Waals surface area contributed by atoms with E-state index >= 15 is 0 Å². The van der Waals surface area contributed by atoms with Crippen LogP contribution >= 0.6 is 11.3 Å². The molecular weight excluding hydrogens is 536 g/mol. The van der Waals surface area contributed by atoms with Crippen LogP contribution < -0.4 is 20.4 Å². The minimum Gasteiger partial charge on any atom is -0.372 e. The molecule has 0 radical (unpaired) electrons. The molecule has 11 heteroatoms. The van der Waals surface area contributed by atoms with Crippen LogP contribution in [0.15, 0.2) is 64.2 Å². The third-order valence-corrected chi connectivity index (χ3v) is 7.24. The second-order valence-electron chi connectivity index (χ2n) is 10.2. The summed E-state index contributed by atoms with van der Waals surface area (Å²) in [4.78, 5) is 42.0. The van der Waals surface area contributed by atoms with Gasteiger partial charge in [0, 0.05) is 55.7 Å². The first-order valence-electron chi connectivity index (χ1n) is 13.6. The Morgan fingerprint density at radius 2 is 1.98 bits per heavy atom. The molecule has 1 fully saturated rings. The van der Waals surface area contributed by atoms with Crippen molar-refractivity contribution in [3.8, 4) is 0 Å². The van der Waals surface area contributed by atoms with Crippen LogP contribution in [0.5, 0.6) is 0 Å². The van der Waals surface area contributed by atoms with Crippen molar-refractivity contribution in [2.45, 2.75) is 33.6 Å². The Hall–Kier alpha value is -3.96. The molecule has 1 aliphatic rings. The average Bonchev–Trinajstić information content (AvgIpc) is 3.48. The lowest BCUT2D eigenvalue weighted by Crippen LogP contribution is -2.47. The molecule has 2 heterocycles. The van der Waals surface area contributed by atoms with E-state index in [2.05, 4.69) is 51.1 Å². The van der Waals surface area contributed by atoms with Crippen molar-refractivity contribution in [2.24, 2.45) is 4.99 Å². The molecule has 0 atom stereocenters. The summed E-state index contributed by atoms with van der Waals surface area (Å²) in [5, 5.41) is 8.21. The number of rotatable bonds is 11. The SMILES string of the molecule is C=CC(=O)Nc1cc(NC(C)=N/C=C2/CN(c3cscn3)C(=O)N(C)/C2=C\CCC)c(C)cc1N(C)CCN(C)C. The Balaban J connectivity index is 1.92. The summed E-state index contributed by atoms with van der Waals surface area (Å²) in [5.74, 6) is 1.03. The highest BCUT2D eigenvalue weighted by molar-refractivity contribution is 7.07. The van der Waals surface area contributed by atoms with E-state index in [0.29, 0.717) is 23.9 Å². The van der Waals surface area contributed by atoms with Crippen LogP contribution in [0.3, 0.4) is 0 Å². The summed E-state index contributed by atoms with van der Waals surface area (Å²) >= 11 is 1.45. The van der Waals surface area contributed by atoms with Crippen molar-refractivity contribution in [3.05, 3.63) is 64.8 Å². The Morgan fingerprint density at radius 3 is 2.61 bits per heavy atom. The van der Waals surface area contributed by atoms with E-state index in [1.165, 1.54) is 17.4 Å². The molecule has 2 aromatic rings. The minimum atomic E-state index is -0.274. The summed E-state index contributed by atoms with van der Waals surface area (Å²) < 4.78 is 0. The number of allylic oxidation sites excluding steroid dienone is 1. The number of aliphatic imine (C=N–C) groups is 1. The monoisotopic (exact) mass is 578 g/mol. The highest BCUT2D eigenvalue weighted by Crippen LogP contribution is 2.32. The van der Waals surface area contributed by atoms with E-state index in [4.69, 9.17) is 4.99 Å². The van der Waals surface area contributed by atoms with Gasteiger partial charge in [0.05, 0.1) is 23.4 Å². The van der Waals surface area contributed by atoms with Gasteiger partial charge >= 0.3 is 6.03 Å². The normalized spacial score (nSPS) is 16.1. The lowest BCUT2D eigenvalue weighted by Gasteiger charge is -2.35. The Labute approximate surface area is 247 Å². The fourth-order valence-electron chi connectivity index (χ4n) is 4.29. The minimum absolute atomic E-state index is 0.116. The van der Waals surface area contributed by atoms with Gasteiger partial charge < -0.3 is 20.4 Å². The largest absolute Gasteiger partial charge is 0.372 e. The van der Waals surface area contributed by atoms with Crippen molar-refractivity contribution in [3.63, 3.8) is 0 Å². The zero-order valence-corrected chi connectivity index (χ0v) is 26.0. The molecule has 0 unspecified atom stereocenters. The first-order chi connectivity index (χ1) is 19.5. The van der Waals surface area contributed by atoms with E-state index in [0.717, 1.165) is 54.1 Å². The Kier molecular flexibility index (Phi) is 11.2. The van der Waals surface area contributed by atoms with E-state index in [-0.39, 0.29) is 11.9 Å². The van der Waals surface area contributed by atoms with Crippen molar-refractivity contribution in [1.29, 1.82) is 0 Å². The summed E-state index contributed by atoms with van der Waals surface area (Å²) in [6.07, 6.45) is 6.99. The van der Waals surface area contributed by atoms with Gasteiger partial charge in [0.2, 0.25) is 5.91 Å². The number of amidine groups is 1. The van der Waals surface area contributed by atoms with E-state index < -0.39 is 0 Å². The summed E-state index contributed by atoms with van der Waals surface area (Å²) in [6.45, 7) is 11.7. The lowest BCUT2D eigenvalue weighted by atomic mass is 10.1. The predicted octanol–water partition coefficient (Wildman–Crippen LogP) is 5.54. The molecule has 1 aliphatic heterocycles. The molecule has 3 amide bonds. The zero-order valence-electron chi connectivity index (χ0n) is 25.2. The van der Waals surface area contributed by atoms with Gasteiger partial charge in [-0.1, -0.05) is 26.0 Å². The van der Waals surface area contributed by atoms with Gasteiger partial charge in [0.25, 0.3) is 0 Å². The van der Waals surface area contributed by atoms with Crippen LogP contribution in [0.4, 0.5) is 27.7 Å². The van der Waals surface area contributed by atoms with Gasteiger partial charge in [-0.3, -0.25) is 14.6 Å². The van der Waals surface area contributed by atoms with Gasteiger partial charge in [-0.05, 0) is 58.1 Å². The number of aryl methyl sites for hydroxylation is 1. The number of unbranched alkanes of at least 4 members (excludes halogenated alkanes) is 1. The maximum Gasteiger partial charge on any atom is 0.330 e. The average molecular weight is 579 g/mol. The first kappa shape index (κ1) is 31.6. The smallest absolute Gasteiger partial charge is 0.330 e. The second kappa shape index (κ2) is 14.6. The van der Waals surface area contributed by atoms with Gasteiger partial charge in [-0.25, -0.2) is 14.8 Å². The summed E-state index contributed by atoms with van der Waals surface area (Å²) in [6, 6.07) is 3.87. The third kappa shape index (κ3) is 8.27. The van der Waals surface area contributed by atoms with Gasteiger partial charge in [0.15, 0.2) is 0 Å². The van der Waals surface area contributed by atoms with Crippen LogP contribution in [-0.2, 0) is 4.79 Å². The molecule has 1 aromatic heterocycles. The number of likely N-dealkylation sites (N-methyl/N-ethyl adjacent to an activating group) is 3. The van der Waals surface area contributed by atoms with Crippen LogP contribution in [0.2, 0.25) is 0 Å². The molecule has 41 heavy (non-hydrogen) atoms. The molecule has 1 saturated heterocycles. The quantitative estimate of drug-likeness (QED) is 0.206. The number of nitrogens with zero attached hydrogens (tertiary/aromatic N) is 6. The molecule has 3 rings (SSSR count). The van der Waals surface area contributed by atoms with Crippen LogP contribution in [0.1, 0.15) is 32.3 Å². The highest BCUT2D eigenvalue weighted by atomic mass is 32.1.